The molecule has 1 aliphatic rings. The van der Waals surface area contributed by atoms with E-state index in [2.05, 4.69) is 0 Å². The van der Waals surface area contributed by atoms with Crippen molar-refractivity contribution in [2.24, 2.45) is 0 Å². The van der Waals surface area contributed by atoms with Crippen molar-refractivity contribution in [3.63, 3.8) is 0 Å². The van der Waals surface area contributed by atoms with Gasteiger partial charge in [-0.1, -0.05) is 48.2 Å². The molecule has 0 saturated carbocycles. The number of carbonyl (C=O) groups is 3. The number of halogens is 2. The summed E-state index contributed by atoms with van der Waals surface area (Å²) >= 11 is 0.778. The van der Waals surface area contributed by atoms with Crippen LogP contribution in [0.4, 0.5) is 14.5 Å². The van der Waals surface area contributed by atoms with E-state index in [4.69, 9.17) is 15.2 Å². The number of nitrogens with two attached hydrogens (primary N) is 1. The monoisotopic (exact) mass is 498 g/mol. The average Bonchev–Trinajstić information content (AvgIpc) is 3.13. The van der Waals surface area contributed by atoms with Gasteiger partial charge in [-0.2, -0.15) is 0 Å². The lowest BCUT2D eigenvalue weighted by Gasteiger charge is -2.23. The number of thioether (sulfide) groups is 1. The number of methoxy groups -OCH3 is 1. The zero-order valence-corrected chi connectivity index (χ0v) is 19.5. The molecule has 2 heterocycles. The Morgan fingerprint density at radius 3 is 2.37 bits per heavy atom. The van der Waals surface area contributed by atoms with Crippen molar-refractivity contribution < 1.29 is 32.6 Å². The molecule has 0 unspecified atom stereocenters. The number of carbonyl (C=O) groups excluding carboxylic acids is 3. The van der Waals surface area contributed by atoms with Gasteiger partial charge in [-0.3, -0.25) is 9.36 Å². The first kappa shape index (κ1) is 24.2. The van der Waals surface area contributed by atoms with E-state index in [1.54, 1.807) is 19.1 Å². The summed E-state index contributed by atoms with van der Waals surface area (Å²) in [5, 5.41) is -1.21. The number of nitrogen functional groups attached to an aromatic ring is 1. The van der Waals surface area contributed by atoms with Gasteiger partial charge in [0.05, 0.1) is 24.8 Å². The molecule has 1 atom stereocenters. The fraction of sp³-hybridized carbons (Fsp3) is 0.160. The Hall–Kier alpha value is -3.92. The van der Waals surface area contributed by atoms with Crippen molar-refractivity contribution in [3.8, 4) is 0 Å². The van der Waals surface area contributed by atoms with Crippen LogP contribution in [0, 0.1) is 11.6 Å². The molecule has 2 aromatic carbocycles. The van der Waals surface area contributed by atoms with Gasteiger partial charge in [0.15, 0.2) is 5.69 Å². The number of nitrogens with zero attached hydrogens (tertiary/aromatic N) is 1. The summed E-state index contributed by atoms with van der Waals surface area (Å²) in [5.74, 6) is -3.72. The largest absolute Gasteiger partial charge is 0.464 e. The van der Waals surface area contributed by atoms with Gasteiger partial charge >= 0.3 is 11.9 Å². The number of fused-ring (bicyclic) bond motifs is 1. The Morgan fingerprint density at radius 2 is 1.74 bits per heavy atom. The maximum atomic E-state index is 14.7. The second-order valence-electron chi connectivity index (χ2n) is 7.42. The maximum Gasteiger partial charge on any atom is 0.357 e. The summed E-state index contributed by atoms with van der Waals surface area (Å²) in [7, 11) is 1.11. The molecule has 0 saturated heterocycles. The van der Waals surface area contributed by atoms with Crippen LogP contribution in [-0.4, -0.2) is 36.1 Å². The Morgan fingerprint density at radius 1 is 1.09 bits per heavy atom. The van der Waals surface area contributed by atoms with Crippen LogP contribution in [0.2, 0.25) is 0 Å². The molecule has 10 heteroatoms. The summed E-state index contributed by atoms with van der Waals surface area (Å²) in [4.78, 5) is 39.3. The van der Waals surface area contributed by atoms with Crippen LogP contribution in [0.5, 0.6) is 0 Å². The summed E-state index contributed by atoms with van der Waals surface area (Å²) in [6.45, 7) is 1.62. The van der Waals surface area contributed by atoms with Crippen LogP contribution in [0.15, 0.2) is 48.5 Å². The van der Waals surface area contributed by atoms with E-state index in [0.29, 0.717) is 0 Å². The van der Waals surface area contributed by atoms with Crippen molar-refractivity contribution in [1.29, 1.82) is 0 Å². The lowest BCUT2D eigenvalue weighted by atomic mass is 10.1. The van der Waals surface area contributed by atoms with E-state index in [0.717, 1.165) is 23.4 Å². The highest BCUT2D eigenvalue weighted by Crippen LogP contribution is 2.40. The zero-order valence-electron chi connectivity index (χ0n) is 18.7. The summed E-state index contributed by atoms with van der Waals surface area (Å²) in [6, 6.07) is 11.4. The minimum Gasteiger partial charge on any atom is -0.464 e. The van der Waals surface area contributed by atoms with Gasteiger partial charge in [-0.05, 0) is 25.1 Å². The molecule has 0 aliphatic carbocycles. The minimum atomic E-state index is -1.22. The lowest BCUT2D eigenvalue weighted by molar-refractivity contribution is -0.135. The number of hydrogen-bond donors (Lipinski definition) is 1. The van der Waals surface area contributed by atoms with Gasteiger partial charge in [0, 0.05) is 16.3 Å². The minimum absolute atomic E-state index is 0.0117. The molecular weight excluding hydrogens is 478 g/mol. The predicted octanol–water partition coefficient (Wildman–Crippen LogP) is 2.76. The van der Waals surface area contributed by atoms with E-state index < -0.39 is 34.7 Å². The summed E-state index contributed by atoms with van der Waals surface area (Å²) in [5.41, 5.74) is 5.88. The first-order valence-corrected chi connectivity index (χ1v) is 11.4. The molecule has 0 amide bonds. The molecule has 3 aromatic rings. The third kappa shape index (κ3) is 4.21. The third-order valence-corrected chi connectivity index (χ3v) is 6.66. The zero-order chi connectivity index (χ0) is 25.3. The van der Waals surface area contributed by atoms with E-state index in [-0.39, 0.29) is 44.6 Å². The summed E-state index contributed by atoms with van der Waals surface area (Å²) < 4.78 is 40.1. The van der Waals surface area contributed by atoms with Gasteiger partial charge in [0.2, 0.25) is 5.91 Å². The highest BCUT2D eigenvalue weighted by atomic mass is 32.2. The molecule has 4 rings (SSSR count). The van der Waals surface area contributed by atoms with Crippen LogP contribution in [0.1, 0.15) is 38.6 Å². The number of rotatable bonds is 5. The molecule has 1 aliphatic heterocycles. The Kier molecular flexibility index (Phi) is 6.74. The van der Waals surface area contributed by atoms with Gasteiger partial charge in [-0.15, -0.1) is 0 Å². The molecule has 2 N–H and O–H groups in total. The van der Waals surface area contributed by atoms with Gasteiger partial charge in [0.25, 0.3) is 0 Å². The van der Waals surface area contributed by atoms with Crippen LogP contribution in [0.3, 0.4) is 0 Å². The highest BCUT2D eigenvalue weighted by molar-refractivity contribution is 8.10. The molecule has 0 spiro atoms. The fourth-order valence-electron chi connectivity index (χ4n) is 3.81. The van der Waals surface area contributed by atoms with Crippen molar-refractivity contribution >= 4 is 46.3 Å². The number of aromatic nitrogens is 1. The predicted molar refractivity (Wildman–Crippen MR) is 127 cm³/mol. The molecule has 1 aromatic heterocycles. The van der Waals surface area contributed by atoms with Crippen molar-refractivity contribution in [1.82, 2.24) is 4.57 Å². The molecule has 35 heavy (non-hydrogen) atoms. The average molecular weight is 499 g/mol. The highest BCUT2D eigenvalue weighted by Gasteiger charge is 2.39. The standard InChI is InChI=1S/C25H20F2N2O5S/c1-3-34-25(32)22-19-15(12-13-8-4-6-10-16(13)26)18(28)20(24(31)33-2)29(19)23(30)21(35-22)14-9-5-7-11-17(14)27/h4-12,21H,3,28H2,1-2H3/b15-12+/t21-/m1/s1. The van der Waals surface area contributed by atoms with Gasteiger partial charge in [-0.25, -0.2) is 18.4 Å². The molecule has 7 nitrogen and oxygen atoms in total. The number of ether oxygens (including phenoxy) is 2. The summed E-state index contributed by atoms with van der Waals surface area (Å²) in [6.07, 6.45) is 1.33. The Labute approximate surface area is 202 Å². The van der Waals surface area contributed by atoms with Gasteiger partial charge in [0.1, 0.15) is 21.8 Å². The number of benzene rings is 2. The Bertz CT molecular complexity index is 1480. The smallest absolute Gasteiger partial charge is 0.357 e. The fourth-order valence-corrected chi connectivity index (χ4v) is 5.04. The molecule has 0 fully saturated rings. The van der Waals surface area contributed by atoms with E-state index in [1.165, 1.54) is 42.5 Å². The van der Waals surface area contributed by atoms with Crippen LogP contribution >= 0.6 is 11.8 Å². The number of esters is 2. The first-order valence-electron chi connectivity index (χ1n) is 10.5. The first-order chi connectivity index (χ1) is 16.8. The van der Waals surface area contributed by atoms with E-state index >= 15 is 0 Å². The quantitative estimate of drug-likeness (QED) is 0.540. The van der Waals surface area contributed by atoms with E-state index in [1.807, 2.05) is 0 Å². The van der Waals surface area contributed by atoms with E-state index in [9.17, 15) is 23.2 Å². The normalized spacial score (nSPS) is 15.7. The van der Waals surface area contributed by atoms with Crippen LogP contribution < -0.4 is 16.3 Å². The van der Waals surface area contributed by atoms with Crippen molar-refractivity contribution in [2.45, 2.75) is 12.2 Å². The molecule has 180 valence electrons. The van der Waals surface area contributed by atoms with Gasteiger partial charge < -0.3 is 15.2 Å². The lowest BCUT2D eigenvalue weighted by Crippen LogP contribution is -2.43. The second-order valence-corrected chi connectivity index (χ2v) is 8.54. The topological polar surface area (TPSA) is 101 Å². The van der Waals surface area contributed by atoms with Crippen molar-refractivity contribution in [2.75, 3.05) is 19.5 Å². The SMILES string of the molecule is CCOC(=O)C1=c2/c(=C/c3ccccc3F)c(N)c(C(=O)OC)n2C(=O)[C@@H](c2ccccc2F)S1. The molecule has 0 radical (unpaired) electrons. The number of anilines is 1. The maximum absolute atomic E-state index is 14.7. The second kappa shape index (κ2) is 9.75. The van der Waals surface area contributed by atoms with Crippen LogP contribution in [-0.2, 0) is 14.3 Å². The molecular formula is C25H20F2N2O5S. The Balaban J connectivity index is 2.14. The number of hydrogen-bond acceptors (Lipinski definition) is 7. The third-order valence-electron chi connectivity index (χ3n) is 5.38. The van der Waals surface area contributed by atoms with Crippen LogP contribution in [0.25, 0.3) is 11.0 Å². The molecule has 0 bridgehead atoms. The van der Waals surface area contributed by atoms with Crippen molar-refractivity contribution in [3.05, 3.63) is 87.6 Å².